The van der Waals surface area contributed by atoms with Crippen LogP contribution < -0.4 is 5.73 Å². The summed E-state index contributed by atoms with van der Waals surface area (Å²) in [6, 6.07) is 1.96. The molecular weight excluding hydrogens is 218 g/mol. The maximum Gasteiger partial charge on any atom is 0.242 e. The van der Waals surface area contributed by atoms with Crippen molar-refractivity contribution < 1.29 is 9.53 Å². The summed E-state index contributed by atoms with van der Waals surface area (Å²) < 4.78 is 7.10. The summed E-state index contributed by atoms with van der Waals surface area (Å²) in [5, 5.41) is 0. The lowest BCUT2D eigenvalue weighted by atomic mass is 10.2. The number of carbonyl (C=O) groups is 1. The van der Waals surface area contributed by atoms with Crippen molar-refractivity contribution >= 4 is 5.91 Å². The highest BCUT2D eigenvalue weighted by Gasteiger charge is 2.16. The van der Waals surface area contributed by atoms with Gasteiger partial charge in [-0.15, -0.1) is 0 Å². The monoisotopic (exact) mass is 237 g/mol. The molecule has 1 aromatic rings. The highest BCUT2D eigenvalue weighted by molar-refractivity contribution is 5.76. The van der Waals surface area contributed by atoms with Crippen molar-refractivity contribution in [2.24, 2.45) is 5.73 Å². The van der Waals surface area contributed by atoms with Crippen molar-refractivity contribution in [3.8, 4) is 0 Å². The van der Waals surface area contributed by atoms with Crippen molar-refractivity contribution in [2.45, 2.75) is 19.5 Å². The molecule has 0 aromatic carbocycles. The average Bonchev–Trinajstić information content (AvgIpc) is 2.79. The number of aromatic nitrogens is 1. The smallest absolute Gasteiger partial charge is 0.242 e. The van der Waals surface area contributed by atoms with Crippen LogP contribution in [-0.4, -0.2) is 41.7 Å². The van der Waals surface area contributed by atoms with E-state index in [4.69, 9.17) is 10.5 Å². The molecule has 17 heavy (non-hydrogen) atoms. The second kappa shape index (κ2) is 5.33. The fourth-order valence-corrected chi connectivity index (χ4v) is 1.90. The second-order valence-electron chi connectivity index (χ2n) is 4.40. The van der Waals surface area contributed by atoms with Crippen LogP contribution in [0.25, 0.3) is 0 Å². The molecule has 0 spiro atoms. The lowest BCUT2D eigenvalue weighted by Gasteiger charge is -2.26. The van der Waals surface area contributed by atoms with Crippen LogP contribution in [0, 0.1) is 0 Å². The van der Waals surface area contributed by atoms with Gasteiger partial charge in [-0.05, 0) is 18.6 Å². The van der Waals surface area contributed by atoms with E-state index in [1.54, 1.807) is 0 Å². The number of nitrogens with zero attached hydrogens (tertiary/aromatic N) is 2. The summed E-state index contributed by atoms with van der Waals surface area (Å²) in [7, 11) is 0. The molecule has 0 aliphatic carbocycles. The van der Waals surface area contributed by atoms with Gasteiger partial charge in [-0.3, -0.25) is 4.79 Å². The Morgan fingerprint density at radius 3 is 2.82 bits per heavy atom. The second-order valence-corrected chi connectivity index (χ2v) is 4.40. The molecule has 2 rings (SSSR count). The van der Waals surface area contributed by atoms with Gasteiger partial charge in [0.25, 0.3) is 0 Å². The van der Waals surface area contributed by atoms with Crippen LogP contribution in [0.1, 0.15) is 18.5 Å². The quantitative estimate of drug-likeness (QED) is 0.826. The first-order valence-electron chi connectivity index (χ1n) is 5.93. The predicted octanol–water partition coefficient (Wildman–Crippen LogP) is 0.367. The van der Waals surface area contributed by atoms with E-state index in [2.05, 4.69) is 0 Å². The number of hydrogen-bond acceptors (Lipinski definition) is 3. The first-order chi connectivity index (χ1) is 8.16. The molecule has 0 bridgehead atoms. The Balaban J connectivity index is 1.92. The highest BCUT2D eigenvalue weighted by atomic mass is 16.5. The maximum atomic E-state index is 12.0. The molecule has 1 aromatic heterocycles. The molecule has 1 unspecified atom stereocenters. The number of morpholine rings is 1. The largest absolute Gasteiger partial charge is 0.378 e. The molecule has 5 nitrogen and oxygen atoms in total. The van der Waals surface area contributed by atoms with Crippen LogP contribution in [0.15, 0.2) is 18.5 Å². The van der Waals surface area contributed by atoms with Gasteiger partial charge in [-0.25, -0.2) is 0 Å². The van der Waals surface area contributed by atoms with E-state index in [0.29, 0.717) is 32.8 Å². The van der Waals surface area contributed by atoms with Crippen LogP contribution in [0.4, 0.5) is 0 Å². The fraction of sp³-hybridized carbons (Fsp3) is 0.583. The summed E-state index contributed by atoms with van der Waals surface area (Å²) >= 11 is 0. The summed E-state index contributed by atoms with van der Waals surface area (Å²) in [4.78, 5) is 13.8. The average molecular weight is 237 g/mol. The Hall–Kier alpha value is -1.33. The van der Waals surface area contributed by atoms with Gasteiger partial charge in [-0.2, -0.15) is 0 Å². The maximum absolute atomic E-state index is 12.0. The Bertz CT molecular complexity index is 381. The molecule has 0 radical (unpaired) electrons. The van der Waals surface area contributed by atoms with Gasteiger partial charge >= 0.3 is 0 Å². The first-order valence-corrected chi connectivity index (χ1v) is 5.93. The molecule has 1 atom stereocenters. The third-order valence-electron chi connectivity index (χ3n) is 2.98. The van der Waals surface area contributed by atoms with Crippen LogP contribution in [0.5, 0.6) is 0 Å². The summed E-state index contributed by atoms with van der Waals surface area (Å²) in [5.41, 5.74) is 6.83. The predicted molar refractivity (Wildman–Crippen MR) is 64.4 cm³/mol. The molecule has 5 heteroatoms. The highest BCUT2D eigenvalue weighted by Crippen LogP contribution is 2.10. The van der Waals surface area contributed by atoms with E-state index < -0.39 is 0 Å². The SMILES string of the molecule is CC(N)c1ccn(CC(=O)N2CCOCC2)c1. The normalized spacial score (nSPS) is 18.1. The summed E-state index contributed by atoms with van der Waals surface area (Å²) in [6.07, 6.45) is 3.83. The van der Waals surface area contributed by atoms with Gasteiger partial charge in [-0.1, -0.05) is 0 Å². The number of rotatable bonds is 3. The van der Waals surface area contributed by atoms with Crippen molar-refractivity contribution in [1.82, 2.24) is 9.47 Å². The Morgan fingerprint density at radius 2 is 2.24 bits per heavy atom. The van der Waals surface area contributed by atoms with Crippen LogP contribution in [-0.2, 0) is 16.1 Å². The number of nitrogens with two attached hydrogens (primary N) is 1. The van der Waals surface area contributed by atoms with E-state index >= 15 is 0 Å². The first kappa shape index (κ1) is 12.1. The van der Waals surface area contributed by atoms with Gasteiger partial charge < -0.3 is 19.9 Å². The van der Waals surface area contributed by atoms with E-state index in [1.165, 1.54) is 0 Å². The minimum Gasteiger partial charge on any atom is -0.378 e. The Labute approximate surface area is 101 Å². The van der Waals surface area contributed by atoms with Gasteiger partial charge in [0.1, 0.15) is 6.54 Å². The lowest BCUT2D eigenvalue weighted by Crippen LogP contribution is -2.42. The Morgan fingerprint density at radius 1 is 1.53 bits per heavy atom. The van der Waals surface area contributed by atoms with Crippen molar-refractivity contribution in [3.63, 3.8) is 0 Å². The number of carbonyl (C=O) groups excluding carboxylic acids is 1. The number of amides is 1. The fourth-order valence-electron chi connectivity index (χ4n) is 1.90. The van der Waals surface area contributed by atoms with E-state index in [0.717, 1.165) is 5.56 Å². The minimum absolute atomic E-state index is 0.00902. The van der Waals surface area contributed by atoms with Crippen LogP contribution >= 0.6 is 0 Å². The van der Waals surface area contributed by atoms with Crippen molar-refractivity contribution in [2.75, 3.05) is 26.3 Å². The zero-order valence-electron chi connectivity index (χ0n) is 10.1. The molecule has 1 aliphatic heterocycles. The third kappa shape index (κ3) is 3.08. The van der Waals surface area contributed by atoms with E-state index in [1.807, 2.05) is 34.9 Å². The zero-order chi connectivity index (χ0) is 12.3. The van der Waals surface area contributed by atoms with Gasteiger partial charge in [0, 0.05) is 31.5 Å². The van der Waals surface area contributed by atoms with Crippen LogP contribution in [0.3, 0.4) is 0 Å². The van der Waals surface area contributed by atoms with Crippen molar-refractivity contribution in [3.05, 3.63) is 24.0 Å². The topological polar surface area (TPSA) is 60.5 Å². The van der Waals surface area contributed by atoms with E-state index in [9.17, 15) is 4.79 Å². The molecule has 1 aliphatic rings. The molecule has 2 N–H and O–H groups in total. The zero-order valence-corrected chi connectivity index (χ0v) is 10.1. The molecule has 2 heterocycles. The van der Waals surface area contributed by atoms with Crippen LogP contribution in [0.2, 0.25) is 0 Å². The van der Waals surface area contributed by atoms with Gasteiger partial charge in [0.15, 0.2) is 0 Å². The molecule has 0 saturated carbocycles. The van der Waals surface area contributed by atoms with Gasteiger partial charge in [0.2, 0.25) is 5.91 Å². The summed E-state index contributed by atoms with van der Waals surface area (Å²) in [5.74, 6) is 0.139. The minimum atomic E-state index is 0.00902. The molecule has 1 saturated heterocycles. The molecule has 94 valence electrons. The standard InChI is InChI=1S/C12H19N3O2/c1-10(13)11-2-3-14(8-11)9-12(16)15-4-6-17-7-5-15/h2-3,8,10H,4-7,9,13H2,1H3. The molecular formula is C12H19N3O2. The Kier molecular flexibility index (Phi) is 3.81. The third-order valence-corrected chi connectivity index (χ3v) is 2.98. The van der Waals surface area contributed by atoms with Crippen molar-refractivity contribution in [1.29, 1.82) is 0 Å². The van der Waals surface area contributed by atoms with Gasteiger partial charge in [0.05, 0.1) is 13.2 Å². The number of ether oxygens (including phenoxy) is 1. The molecule has 1 amide bonds. The lowest BCUT2D eigenvalue weighted by molar-refractivity contribution is -0.135. The molecule has 1 fully saturated rings. The van der Waals surface area contributed by atoms with E-state index in [-0.39, 0.29) is 11.9 Å². The summed E-state index contributed by atoms with van der Waals surface area (Å²) in [6.45, 7) is 4.99. The number of hydrogen-bond donors (Lipinski definition) is 1.